The van der Waals surface area contributed by atoms with E-state index in [-0.39, 0.29) is 5.97 Å². The average molecular weight is 298 g/mol. The van der Waals surface area contributed by atoms with Gasteiger partial charge in [-0.15, -0.1) is 0 Å². The van der Waals surface area contributed by atoms with Gasteiger partial charge in [0.1, 0.15) is 0 Å². The monoisotopic (exact) mass is 298 g/mol. The Labute approximate surface area is 131 Å². The lowest BCUT2D eigenvalue weighted by Gasteiger charge is -2.38. The molecule has 3 aliphatic heterocycles. The minimum Gasteiger partial charge on any atom is -0.449 e. The molecule has 0 aromatic heterocycles. The Bertz CT molecular complexity index is 637. The van der Waals surface area contributed by atoms with Gasteiger partial charge < -0.3 is 4.74 Å². The van der Waals surface area contributed by atoms with Crippen LogP contribution in [-0.4, -0.2) is 60.6 Å². The van der Waals surface area contributed by atoms with Crippen molar-refractivity contribution < 1.29 is 9.53 Å². The minimum absolute atomic E-state index is 0.191. The Morgan fingerprint density at radius 3 is 3.14 bits per heavy atom. The molecule has 2 saturated heterocycles. The SMILES string of the molecule is CN(C)CC#CC1=CC2CC3(OC(=O)C=C13)C1CCCCN21. The molecule has 2 bridgehead atoms. The highest BCUT2D eigenvalue weighted by atomic mass is 16.6. The minimum atomic E-state index is -0.418. The Morgan fingerprint density at radius 2 is 2.32 bits per heavy atom. The van der Waals surface area contributed by atoms with Crippen LogP contribution in [0.5, 0.6) is 0 Å². The summed E-state index contributed by atoms with van der Waals surface area (Å²) < 4.78 is 5.88. The van der Waals surface area contributed by atoms with Gasteiger partial charge >= 0.3 is 5.97 Å². The molecule has 3 heterocycles. The molecule has 0 saturated carbocycles. The van der Waals surface area contributed by atoms with Crippen LogP contribution < -0.4 is 0 Å². The van der Waals surface area contributed by atoms with Gasteiger partial charge in [-0.1, -0.05) is 24.3 Å². The third kappa shape index (κ3) is 1.96. The molecule has 0 aromatic carbocycles. The van der Waals surface area contributed by atoms with Gasteiger partial charge in [0, 0.05) is 29.7 Å². The van der Waals surface area contributed by atoms with Crippen LogP contribution in [0.15, 0.2) is 23.3 Å². The van der Waals surface area contributed by atoms with E-state index in [2.05, 4.69) is 27.7 Å². The number of esters is 1. The van der Waals surface area contributed by atoms with Crippen LogP contribution in [0, 0.1) is 11.8 Å². The number of ether oxygens (including phenoxy) is 1. The standard InChI is InChI=1S/C18H22N2O2/c1-19(2)8-5-6-13-10-14-12-18(15(13)11-17(21)22-18)16-7-3-4-9-20(14)16/h10-11,14,16H,3-4,7-9,12H2,1-2H3. The van der Waals surface area contributed by atoms with Crippen LogP contribution in [0.25, 0.3) is 0 Å². The molecule has 1 aliphatic carbocycles. The third-order valence-corrected chi connectivity index (χ3v) is 5.29. The molecule has 0 amide bonds. The molecular formula is C18H22N2O2. The summed E-state index contributed by atoms with van der Waals surface area (Å²) in [6.07, 6.45) is 8.44. The number of fused-ring (bicyclic) bond motifs is 3. The van der Waals surface area contributed by atoms with Crippen molar-refractivity contribution in [1.82, 2.24) is 9.80 Å². The summed E-state index contributed by atoms with van der Waals surface area (Å²) in [5.41, 5.74) is 1.63. The Hall–Kier alpha value is -1.57. The zero-order chi connectivity index (χ0) is 15.3. The molecule has 0 N–H and O–H groups in total. The van der Waals surface area contributed by atoms with Gasteiger partial charge in [0.25, 0.3) is 0 Å². The first-order chi connectivity index (χ1) is 10.6. The van der Waals surface area contributed by atoms with E-state index in [9.17, 15) is 4.79 Å². The molecule has 3 unspecified atom stereocenters. The molecule has 0 aromatic rings. The van der Waals surface area contributed by atoms with Gasteiger partial charge in [0.15, 0.2) is 5.60 Å². The first kappa shape index (κ1) is 14.0. The fourth-order valence-electron chi connectivity index (χ4n) is 4.46. The molecule has 3 atom stereocenters. The summed E-state index contributed by atoms with van der Waals surface area (Å²) in [7, 11) is 4.02. The first-order valence-corrected chi connectivity index (χ1v) is 8.17. The highest BCUT2D eigenvalue weighted by molar-refractivity contribution is 5.90. The predicted octanol–water partition coefficient (Wildman–Crippen LogP) is 1.34. The van der Waals surface area contributed by atoms with E-state index in [1.165, 1.54) is 12.8 Å². The van der Waals surface area contributed by atoms with Gasteiger partial charge in [0.2, 0.25) is 0 Å². The quantitative estimate of drug-likeness (QED) is 0.540. The fraction of sp³-hybridized carbons (Fsp3) is 0.611. The van der Waals surface area contributed by atoms with E-state index in [1.807, 2.05) is 14.1 Å². The first-order valence-electron chi connectivity index (χ1n) is 8.17. The molecular weight excluding hydrogens is 276 g/mol. The molecule has 2 fully saturated rings. The molecule has 4 nitrogen and oxygen atoms in total. The van der Waals surface area contributed by atoms with E-state index in [1.54, 1.807) is 6.08 Å². The van der Waals surface area contributed by atoms with E-state index in [0.29, 0.717) is 12.1 Å². The number of rotatable bonds is 1. The van der Waals surface area contributed by atoms with Gasteiger partial charge in [0.05, 0.1) is 12.6 Å². The maximum absolute atomic E-state index is 12.0. The fourth-order valence-corrected chi connectivity index (χ4v) is 4.46. The Kier molecular flexibility index (Phi) is 3.18. The molecule has 1 spiro atoms. The zero-order valence-corrected chi connectivity index (χ0v) is 13.3. The van der Waals surface area contributed by atoms with Crippen molar-refractivity contribution in [3.63, 3.8) is 0 Å². The van der Waals surface area contributed by atoms with Gasteiger partial charge in [-0.3, -0.25) is 9.80 Å². The number of carbonyl (C=O) groups is 1. The molecule has 4 rings (SSSR count). The van der Waals surface area contributed by atoms with Crippen molar-refractivity contribution in [1.29, 1.82) is 0 Å². The van der Waals surface area contributed by atoms with Crippen LogP contribution in [0.2, 0.25) is 0 Å². The van der Waals surface area contributed by atoms with E-state index in [4.69, 9.17) is 4.74 Å². The molecule has 22 heavy (non-hydrogen) atoms. The number of hydrogen-bond donors (Lipinski definition) is 0. The maximum Gasteiger partial charge on any atom is 0.332 e. The Balaban J connectivity index is 1.73. The van der Waals surface area contributed by atoms with E-state index < -0.39 is 5.60 Å². The van der Waals surface area contributed by atoms with Crippen molar-refractivity contribution >= 4 is 5.97 Å². The van der Waals surface area contributed by atoms with E-state index in [0.717, 1.165) is 37.1 Å². The molecule has 0 radical (unpaired) electrons. The van der Waals surface area contributed by atoms with Crippen molar-refractivity contribution in [3.8, 4) is 11.8 Å². The number of hydrogen-bond acceptors (Lipinski definition) is 4. The van der Waals surface area contributed by atoms with Crippen LogP contribution in [0.3, 0.4) is 0 Å². The van der Waals surface area contributed by atoms with Crippen LogP contribution in [0.1, 0.15) is 25.7 Å². The lowest BCUT2D eigenvalue weighted by molar-refractivity contribution is -0.148. The average Bonchev–Trinajstić information content (AvgIpc) is 2.96. The lowest BCUT2D eigenvalue weighted by Crippen LogP contribution is -2.48. The van der Waals surface area contributed by atoms with Crippen molar-refractivity contribution in [2.24, 2.45) is 0 Å². The van der Waals surface area contributed by atoms with Crippen molar-refractivity contribution in [2.45, 2.75) is 43.4 Å². The molecule has 116 valence electrons. The summed E-state index contributed by atoms with van der Waals surface area (Å²) in [5.74, 6) is 6.31. The maximum atomic E-state index is 12.0. The highest BCUT2D eigenvalue weighted by Crippen LogP contribution is 2.53. The van der Waals surface area contributed by atoms with Crippen LogP contribution in [0.4, 0.5) is 0 Å². The highest BCUT2D eigenvalue weighted by Gasteiger charge is 2.61. The third-order valence-electron chi connectivity index (χ3n) is 5.29. The normalized spacial score (nSPS) is 36.0. The summed E-state index contributed by atoms with van der Waals surface area (Å²) >= 11 is 0. The summed E-state index contributed by atoms with van der Waals surface area (Å²) in [5, 5.41) is 0. The van der Waals surface area contributed by atoms with Gasteiger partial charge in [-0.25, -0.2) is 4.79 Å². The molecule has 4 heteroatoms. The second-order valence-corrected chi connectivity index (χ2v) is 7.01. The second kappa shape index (κ2) is 4.97. The number of nitrogens with zero attached hydrogens (tertiary/aromatic N) is 2. The largest absolute Gasteiger partial charge is 0.449 e. The van der Waals surface area contributed by atoms with E-state index >= 15 is 0 Å². The predicted molar refractivity (Wildman–Crippen MR) is 84.1 cm³/mol. The topological polar surface area (TPSA) is 32.8 Å². The van der Waals surface area contributed by atoms with Crippen molar-refractivity contribution in [3.05, 3.63) is 23.3 Å². The van der Waals surface area contributed by atoms with Crippen molar-refractivity contribution in [2.75, 3.05) is 27.2 Å². The summed E-state index contributed by atoms with van der Waals surface area (Å²) in [6, 6.07) is 0.713. The number of piperidine rings is 1. The van der Waals surface area contributed by atoms with Crippen LogP contribution in [-0.2, 0) is 9.53 Å². The van der Waals surface area contributed by atoms with Crippen LogP contribution >= 0.6 is 0 Å². The summed E-state index contributed by atoms with van der Waals surface area (Å²) in [6.45, 7) is 1.83. The Morgan fingerprint density at radius 1 is 1.45 bits per heavy atom. The molecule has 4 aliphatic rings. The second-order valence-electron chi connectivity index (χ2n) is 7.01. The zero-order valence-electron chi connectivity index (χ0n) is 13.3. The number of carbonyl (C=O) groups excluding carboxylic acids is 1. The smallest absolute Gasteiger partial charge is 0.332 e. The van der Waals surface area contributed by atoms with Gasteiger partial charge in [-0.05, 0) is 33.5 Å². The van der Waals surface area contributed by atoms with Gasteiger partial charge in [-0.2, -0.15) is 0 Å². The summed E-state index contributed by atoms with van der Waals surface area (Å²) in [4.78, 5) is 16.6. The lowest BCUT2D eigenvalue weighted by atomic mass is 9.77.